The van der Waals surface area contributed by atoms with Crippen molar-refractivity contribution >= 4 is 5.97 Å². The number of esters is 1. The Balaban J connectivity index is 1.19. The summed E-state index contributed by atoms with van der Waals surface area (Å²) >= 11 is 0. The number of unbranched alkanes of at least 4 members (excludes halogenated alkanes) is 10. The van der Waals surface area contributed by atoms with Gasteiger partial charge in [-0.2, -0.15) is 0 Å². The summed E-state index contributed by atoms with van der Waals surface area (Å²) in [4.78, 5) is 13.2. The van der Waals surface area contributed by atoms with Gasteiger partial charge in [-0.25, -0.2) is 0 Å². The Bertz CT molecular complexity index is 1110. The van der Waals surface area contributed by atoms with Crippen molar-refractivity contribution in [1.82, 2.24) is 0 Å². The molecular formula is C44H76O4. The van der Waals surface area contributed by atoms with Gasteiger partial charge >= 0.3 is 5.97 Å². The first kappa shape index (κ1) is 38.4. The van der Waals surface area contributed by atoms with Gasteiger partial charge in [0.15, 0.2) is 0 Å². The maximum Gasteiger partial charge on any atom is 0.306 e. The lowest BCUT2D eigenvalue weighted by atomic mass is 9.32. The van der Waals surface area contributed by atoms with Crippen molar-refractivity contribution in [1.29, 1.82) is 0 Å². The molecule has 0 radical (unpaired) electrons. The molecule has 0 saturated heterocycles. The molecule has 48 heavy (non-hydrogen) atoms. The monoisotopic (exact) mass is 669 g/mol. The molecule has 0 bridgehead atoms. The largest absolute Gasteiger partial charge is 0.462 e. The van der Waals surface area contributed by atoms with Crippen LogP contribution in [0.2, 0.25) is 0 Å². The number of ether oxygens (including phenoxy) is 1. The van der Waals surface area contributed by atoms with Crippen LogP contribution in [0.5, 0.6) is 0 Å². The highest BCUT2D eigenvalue weighted by atomic mass is 16.5. The van der Waals surface area contributed by atoms with E-state index in [0.717, 1.165) is 44.9 Å². The fraction of sp³-hybridized carbons (Fsp3) is 0.932. The van der Waals surface area contributed by atoms with E-state index in [1.807, 2.05) is 0 Å². The number of allylic oxidation sites excluding steroid dienone is 1. The highest BCUT2D eigenvalue weighted by Crippen LogP contribution is 2.77. The van der Waals surface area contributed by atoms with Gasteiger partial charge in [0.05, 0.1) is 12.7 Å². The quantitative estimate of drug-likeness (QED) is 0.104. The van der Waals surface area contributed by atoms with Crippen LogP contribution in [-0.4, -0.2) is 35.0 Å². The average Bonchev–Trinajstić information content (AvgIpc) is 3.43. The Morgan fingerprint density at radius 2 is 1.40 bits per heavy atom. The van der Waals surface area contributed by atoms with Gasteiger partial charge in [-0.1, -0.05) is 118 Å². The molecule has 2 N–H and O–H groups in total. The van der Waals surface area contributed by atoms with E-state index < -0.39 is 6.10 Å². The zero-order chi connectivity index (χ0) is 35.0. The van der Waals surface area contributed by atoms with Gasteiger partial charge in [-0.05, 0) is 117 Å². The number of aliphatic hydroxyl groups is 2. The number of rotatable bonds is 15. The predicted octanol–water partition coefficient (Wildman–Crippen LogP) is 11.2. The standard InChI is InChI=1S/C44H76O4/c1-9-10-11-12-13-14-15-16-17-18-19-20-38(47)48-37-25-26-41(6)34(40(37,4)5)24-27-42(7)35(41)22-21-33-39-32(31(2)3)23-28-44(39,30-45)36(46)29-43(33,42)8/h32-37,39,45-46H,2,9-30H2,1,3-8H3/t32-,33+,34-,35+,36-,37-,39+,41-,42+,43+,44-/m0/s1. The lowest BCUT2D eigenvalue weighted by Gasteiger charge is -2.73. The van der Waals surface area contributed by atoms with Crippen LogP contribution >= 0.6 is 0 Å². The van der Waals surface area contributed by atoms with E-state index in [4.69, 9.17) is 4.74 Å². The Labute approximate surface area is 296 Å². The van der Waals surface area contributed by atoms with Gasteiger partial charge in [-0.15, -0.1) is 0 Å². The third-order valence-electron chi connectivity index (χ3n) is 16.8. The van der Waals surface area contributed by atoms with Crippen LogP contribution in [0.3, 0.4) is 0 Å². The van der Waals surface area contributed by atoms with Crippen molar-refractivity contribution in [2.24, 2.45) is 56.7 Å². The molecule has 5 rings (SSSR count). The summed E-state index contributed by atoms with van der Waals surface area (Å²) in [7, 11) is 0. The smallest absolute Gasteiger partial charge is 0.306 e. The lowest BCUT2D eigenvalue weighted by molar-refractivity contribution is -0.267. The molecule has 0 heterocycles. The molecule has 0 aliphatic heterocycles. The topological polar surface area (TPSA) is 66.8 Å². The summed E-state index contributed by atoms with van der Waals surface area (Å²) in [6, 6.07) is 0. The molecule has 5 aliphatic rings. The Morgan fingerprint density at radius 3 is 2.00 bits per heavy atom. The van der Waals surface area contributed by atoms with Crippen LogP contribution in [0.15, 0.2) is 12.2 Å². The van der Waals surface area contributed by atoms with Crippen LogP contribution in [-0.2, 0) is 9.53 Å². The minimum Gasteiger partial charge on any atom is -0.462 e. The minimum atomic E-state index is -0.453. The molecular weight excluding hydrogens is 592 g/mol. The third-order valence-corrected chi connectivity index (χ3v) is 16.8. The second kappa shape index (κ2) is 15.0. The van der Waals surface area contributed by atoms with Gasteiger partial charge < -0.3 is 14.9 Å². The van der Waals surface area contributed by atoms with Gasteiger partial charge in [0, 0.05) is 17.3 Å². The fourth-order valence-electron chi connectivity index (χ4n) is 14.0. The van der Waals surface area contributed by atoms with Crippen molar-refractivity contribution in [2.45, 2.75) is 196 Å². The summed E-state index contributed by atoms with van der Waals surface area (Å²) in [5.41, 5.74) is 1.20. The summed E-state index contributed by atoms with van der Waals surface area (Å²) in [5.74, 6) is 2.38. The molecule has 0 aromatic carbocycles. The average molecular weight is 669 g/mol. The summed E-state index contributed by atoms with van der Waals surface area (Å²) < 4.78 is 6.37. The highest BCUT2D eigenvalue weighted by Gasteiger charge is 2.72. The molecule has 0 amide bonds. The third kappa shape index (κ3) is 6.52. The molecule has 4 heteroatoms. The molecule has 276 valence electrons. The maximum absolute atomic E-state index is 13.2. The van der Waals surface area contributed by atoms with Crippen molar-refractivity contribution < 1.29 is 19.7 Å². The number of carbonyl (C=O) groups excluding carboxylic acids is 1. The zero-order valence-electron chi connectivity index (χ0n) is 32.5. The van der Waals surface area contributed by atoms with E-state index in [-0.39, 0.29) is 45.8 Å². The SMILES string of the molecule is C=C(C)[C@@H]1CC[C@@]2(CO)[C@H]1[C@H]1CC[C@@H]3[C@@]4(C)CC[C@H](OC(=O)CCCCCCCCCCCCC)C(C)(C)[C@@H]4CC[C@@]3(C)[C@]1(C)C[C@@H]2O. The molecule has 5 fully saturated rings. The van der Waals surface area contributed by atoms with Crippen molar-refractivity contribution in [2.75, 3.05) is 6.61 Å². The van der Waals surface area contributed by atoms with Crippen molar-refractivity contribution in [3.63, 3.8) is 0 Å². The maximum atomic E-state index is 13.2. The Kier molecular flexibility index (Phi) is 12.0. The molecule has 0 aromatic rings. The fourth-order valence-corrected chi connectivity index (χ4v) is 14.0. The first-order valence-electron chi connectivity index (χ1n) is 20.9. The number of aliphatic hydroxyl groups excluding tert-OH is 2. The number of fused-ring (bicyclic) bond motifs is 7. The second-order valence-corrected chi connectivity index (χ2v) is 19.4. The first-order valence-corrected chi connectivity index (χ1v) is 20.9. The lowest BCUT2D eigenvalue weighted by Crippen LogP contribution is -2.68. The Hall–Kier alpha value is -0.870. The summed E-state index contributed by atoms with van der Waals surface area (Å²) in [6.07, 6.45) is 24.0. The number of hydrogen-bond donors (Lipinski definition) is 2. The van der Waals surface area contributed by atoms with Gasteiger partial charge in [0.25, 0.3) is 0 Å². The Morgan fingerprint density at radius 1 is 0.771 bits per heavy atom. The van der Waals surface area contributed by atoms with E-state index in [1.54, 1.807) is 0 Å². The van der Waals surface area contributed by atoms with E-state index in [9.17, 15) is 15.0 Å². The number of carbonyl (C=O) groups is 1. The van der Waals surface area contributed by atoms with Crippen LogP contribution in [0, 0.1) is 56.7 Å². The normalized spacial score (nSPS) is 43.1. The predicted molar refractivity (Wildman–Crippen MR) is 198 cm³/mol. The van der Waals surface area contributed by atoms with Crippen LogP contribution in [0.1, 0.15) is 183 Å². The molecule has 11 atom stereocenters. The van der Waals surface area contributed by atoms with E-state index in [0.29, 0.717) is 36.0 Å². The summed E-state index contributed by atoms with van der Waals surface area (Å²) in [5, 5.41) is 22.8. The molecule has 5 saturated carbocycles. The van der Waals surface area contributed by atoms with Crippen LogP contribution in [0.4, 0.5) is 0 Å². The van der Waals surface area contributed by atoms with E-state index in [2.05, 4.69) is 55.0 Å². The van der Waals surface area contributed by atoms with Crippen molar-refractivity contribution in [3.05, 3.63) is 12.2 Å². The minimum absolute atomic E-state index is 0.00329. The molecule has 0 aromatic heterocycles. The van der Waals surface area contributed by atoms with Gasteiger partial charge in [0.1, 0.15) is 6.10 Å². The van der Waals surface area contributed by atoms with Crippen LogP contribution in [0.25, 0.3) is 0 Å². The summed E-state index contributed by atoms with van der Waals surface area (Å²) in [6.45, 7) is 21.5. The van der Waals surface area contributed by atoms with Crippen molar-refractivity contribution in [3.8, 4) is 0 Å². The molecule has 0 unspecified atom stereocenters. The van der Waals surface area contributed by atoms with E-state index in [1.165, 1.54) is 89.0 Å². The first-order chi connectivity index (χ1) is 22.7. The van der Waals surface area contributed by atoms with Crippen LogP contribution < -0.4 is 0 Å². The second-order valence-electron chi connectivity index (χ2n) is 19.4. The van der Waals surface area contributed by atoms with E-state index >= 15 is 0 Å². The van der Waals surface area contributed by atoms with Gasteiger partial charge in [-0.3, -0.25) is 4.79 Å². The highest BCUT2D eigenvalue weighted by molar-refractivity contribution is 5.69. The molecule has 4 nitrogen and oxygen atoms in total. The van der Waals surface area contributed by atoms with Gasteiger partial charge in [0.2, 0.25) is 0 Å². The number of hydrogen-bond acceptors (Lipinski definition) is 4. The molecule has 5 aliphatic carbocycles. The molecule has 0 spiro atoms. The zero-order valence-corrected chi connectivity index (χ0v) is 32.5.